The molecular formula is C18H22N4O2S. The van der Waals surface area contributed by atoms with Gasteiger partial charge in [-0.05, 0) is 49.0 Å². The van der Waals surface area contributed by atoms with Crippen LogP contribution in [-0.4, -0.2) is 24.2 Å². The average Bonchev–Trinajstić information content (AvgIpc) is 2.65. The molecule has 1 amide bonds. The van der Waals surface area contributed by atoms with Crippen molar-refractivity contribution in [1.82, 2.24) is 16.2 Å². The van der Waals surface area contributed by atoms with Crippen molar-refractivity contribution in [2.75, 3.05) is 18.5 Å². The van der Waals surface area contributed by atoms with Crippen LogP contribution in [0.1, 0.15) is 12.5 Å². The lowest BCUT2D eigenvalue weighted by Crippen LogP contribution is -2.48. The summed E-state index contributed by atoms with van der Waals surface area (Å²) in [6.45, 7) is 3.27. The predicted octanol–water partition coefficient (Wildman–Crippen LogP) is 2.19. The van der Waals surface area contributed by atoms with Crippen molar-refractivity contribution in [2.45, 2.75) is 13.5 Å². The summed E-state index contributed by atoms with van der Waals surface area (Å²) in [6, 6.07) is 17.3. The first-order chi connectivity index (χ1) is 12.2. The second kappa shape index (κ2) is 10.1. The molecule has 0 saturated carbocycles. The molecule has 7 heteroatoms. The predicted molar refractivity (Wildman–Crippen MR) is 103 cm³/mol. The molecule has 0 bridgehead atoms. The molecule has 0 heterocycles. The molecule has 0 saturated heterocycles. The first-order valence-corrected chi connectivity index (χ1v) is 8.41. The summed E-state index contributed by atoms with van der Waals surface area (Å²) in [5.74, 6) is 0.576. The average molecular weight is 358 g/mol. The Morgan fingerprint density at radius 2 is 1.76 bits per heavy atom. The van der Waals surface area contributed by atoms with Crippen molar-refractivity contribution in [3.63, 3.8) is 0 Å². The molecule has 0 aromatic heterocycles. The largest absolute Gasteiger partial charge is 0.494 e. The van der Waals surface area contributed by atoms with Gasteiger partial charge in [0.2, 0.25) is 0 Å². The molecule has 132 valence electrons. The van der Waals surface area contributed by atoms with Crippen LogP contribution in [0.2, 0.25) is 0 Å². The van der Waals surface area contributed by atoms with Crippen molar-refractivity contribution >= 4 is 28.9 Å². The van der Waals surface area contributed by atoms with Crippen LogP contribution in [0.3, 0.4) is 0 Å². The monoisotopic (exact) mass is 358 g/mol. The summed E-state index contributed by atoms with van der Waals surface area (Å²) in [7, 11) is 0. The number of anilines is 1. The van der Waals surface area contributed by atoms with Crippen LogP contribution >= 0.6 is 12.2 Å². The van der Waals surface area contributed by atoms with E-state index < -0.39 is 0 Å². The first-order valence-electron chi connectivity index (χ1n) is 8.00. The Balaban J connectivity index is 1.63. The third-order valence-electron chi connectivity index (χ3n) is 3.23. The minimum absolute atomic E-state index is 0.127. The van der Waals surface area contributed by atoms with E-state index in [0.717, 1.165) is 17.0 Å². The number of rotatable bonds is 7. The van der Waals surface area contributed by atoms with Crippen LogP contribution in [0.25, 0.3) is 0 Å². The Labute approximate surface area is 152 Å². The molecule has 0 aliphatic carbocycles. The third-order valence-corrected chi connectivity index (χ3v) is 3.48. The van der Waals surface area contributed by atoms with Gasteiger partial charge in [0.15, 0.2) is 5.11 Å². The van der Waals surface area contributed by atoms with E-state index in [1.165, 1.54) is 0 Å². The van der Waals surface area contributed by atoms with Crippen LogP contribution in [0.5, 0.6) is 5.75 Å². The highest BCUT2D eigenvalue weighted by Crippen LogP contribution is 2.15. The molecule has 0 aliphatic rings. The number of hydrogen-bond donors (Lipinski definition) is 4. The van der Waals surface area contributed by atoms with E-state index in [1.54, 1.807) is 0 Å². The lowest BCUT2D eigenvalue weighted by molar-refractivity contribution is -0.119. The highest BCUT2D eigenvalue weighted by Gasteiger charge is 2.02. The summed E-state index contributed by atoms with van der Waals surface area (Å²) >= 11 is 5.12. The molecule has 0 radical (unpaired) electrons. The highest BCUT2D eigenvalue weighted by molar-refractivity contribution is 7.80. The zero-order valence-corrected chi connectivity index (χ0v) is 14.9. The van der Waals surface area contributed by atoms with E-state index in [2.05, 4.69) is 21.5 Å². The van der Waals surface area contributed by atoms with Crippen LogP contribution < -0.4 is 26.2 Å². The van der Waals surface area contributed by atoms with Crippen LogP contribution in [0, 0.1) is 0 Å². The minimum Gasteiger partial charge on any atom is -0.494 e. The van der Waals surface area contributed by atoms with Crippen LogP contribution in [0.4, 0.5) is 5.69 Å². The number of ether oxygens (including phenoxy) is 1. The summed E-state index contributed by atoms with van der Waals surface area (Å²) in [6.07, 6.45) is 0. The number of thiocarbonyl (C=S) groups is 1. The fraction of sp³-hybridized carbons (Fsp3) is 0.222. The van der Waals surface area contributed by atoms with E-state index in [-0.39, 0.29) is 12.5 Å². The van der Waals surface area contributed by atoms with Gasteiger partial charge in [0, 0.05) is 12.2 Å². The Morgan fingerprint density at radius 1 is 1.04 bits per heavy atom. The smallest absolute Gasteiger partial charge is 0.257 e. The maximum absolute atomic E-state index is 11.8. The zero-order chi connectivity index (χ0) is 17.9. The number of amides is 1. The Bertz CT molecular complexity index is 677. The molecule has 2 aromatic carbocycles. The van der Waals surface area contributed by atoms with Gasteiger partial charge in [0.05, 0.1) is 13.2 Å². The fourth-order valence-electron chi connectivity index (χ4n) is 2.01. The number of hydrazine groups is 1. The standard InChI is InChI=1S/C18H22N4O2S/c1-2-24-16-10-8-15(9-11-16)19-13-17(23)21-22-18(25)20-12-14-6-4-3-5-7-14/h3-11,19H,2,12-13H2,1H3,(H,21,23)(H2,20,22,25). The molecule has 0 spiro atoms. The van der Waals surface area contributed by atoms with Gasteiger partial charge in [0.25, 0.3) is 5.91 Å². The van der Waals surface area contributed by atoms with E-state index in [0.29, 0.717) is 18.3 Å². The fourth-order valence-corrected chi connectivity index (χ4v) is 2.13. The number of benzene rings is 2. The van der Waals surface area contributed by atoms with E-state index in [4.69, 9.17) is 17.0 Å². The molecule has 0 fully saturated rings. The van der Waals surface area contributed by atoms with Crippen LogP contribution in [-0.2, 0) is 11.3 Å². The Hall–Kier alpha value is -2.80. The first kappa shape index (κ1) is 18.5. The topological polar surface area (TPSA) is 74.4 Å². The lowest BCUT2D eigenvalue weighted by Gasteiger charge is -2.12. The lowest BCUT2D eigenvalue weighted by atomic mass is 10.2. The number of hydrogen-bond acceptors (Lipinski definition) is 4. The Kier molecular flexibility index (Phi) is 7.52. The van der Waals surface area contributed by atoms with Crippen molar-refractivity contribution in [1.29, 1.82) is 0 Å². The normalized spacial score (nSPS) is 9.80. The minimum atomic E-state index is -0.224. The second-order valence-corrected chi connectivity index (χ2v) is 5.56. The maximum atomic E-state index is 11.8. The van der Waals surface area contributed by atoms with Crippen molar-refractivity contribution in [2.24, 2.45) is 0 Å². The number of carbonyl (C=O) groups is 1. The molecule has 25 heavy (non-hydrogen) atoms. The van der Waals surface area contributed by atoms with Gasteiger partial charge in [-0.1, -0.05) is 30.3 Å². The molecule has 0 unspecified atom stereocenters. The van der Waals surface area contributed by atoms with E-state index in [1.807, 2.05) is 61.5 Å². The van der Waals surface area contributed by atoms with Gasteiger partial charge in [-0.3, -0.25) is 15.6 Å². The molecule has 2 aromatic rings. The van der Waals surface area contributed by atoms with Crippen molar-refractivity contribution in [3.8, 4) is 5.75 Å². The zero-order valence-electron chi connectivity index (χ0n) is 14.0. The SMILES string of the molecule is CCOc1ccc(NCC(=O)NNC(=S)NCc2ccccc2)cc1. The molecular weight excluding hydrogens is 336 g/mol. The third kappa shape index (κ3) is 7.09. The molecule has 0 aliphatic heterocycles. The molecule has 2 rings (SSSR count). The summed E-state index contributed by atoms with van der Waals surface area (Å²) in [4.78, 5) is 11.8. The molecule has 6 nitrogen and oxygen atoms in total. The van der Waals surface area contributed by atoms with Gasteiger partial charge in [-0.25, -0.2) is 0 Å². The Morgan fingerprint density at radius 3 is 2.44 bits per heavy atom. The van der Waals surface area contributed by atoms with Gasteiger partial charge in [-0.2, -0.15) is 0 Å². The van der Waals surface area contributed by atoms with Gasteiger partial charge in [-0.15, -0.1) is 0 Å². The van der Waals surface area contributed by atoms with Gasteiger partial charge < -0.3 is 15.4 Å². The summed E-state index contributed by atoms with van der Waals surface area (Å²) in [5, 5.41) is 6.40. The quantitative estimate of drug-likeness (QED) is 0.449. The number of carbonyl (C=O) groups excluding carboxylic acids is 1. The van der Waals surface area contributed by atoms with E-state index in [9.17, 15) is 4.79 Å². The summed E-state index contributed by atoms with van der Waals surface area (Å²) < 4.78 is 5.37. The maximum Gasteiger partial charge on any atom is 0.257 e. The molecule has 0 atom stereocenters. The van der Waals surface area contributed by atoms with Gasteiger partial charge >= 0.3 is 0 Å². The number of nitrogens with one attached hydrogen (secondary N) is 4. The summed E-state index contributed by atoms with van der Waals surface area (Å²) in [5.41, 5.74) is 7.16. The van der Waals surface area contributed by atoms with E-state index >= 15 is 0 Å². The van der Waals surface area contributed by atoms with Gasteiger partial charge in [0.1, 0.15) is 5.75 Å². The second-order valence-electron chi connectivity index (χ2n) is 5.15. The highest BCUT2D eigenvalue weighted by atomic mass is 32.1. The molecule has 4 N–H and O–H groups in total. The van der Waals surface area contributed by atoms with Crippen molar-refractivity contribution < 1.29 is 9.53 Å². The van der Waals surface area contributed by atoms with Crippen LogP contribution in [0.15, 0.2) is 54.6 Å². The van der Waals surface area contributed by atoms with Crippen molar-refractivity contribution in [3.05, 3.63) is 60.2 Å².